The number of hydrogen-bond donors (Lipinski definition) is 0. The minimum Gasteiger partial charge on any atom is -0.495 e. The quantitative estimate of drug-likeness (QED) is 0.528. The van der Waals surface area contributed by atoms with Crippen molar-refractivity contribution in [3.63, 3.8) is 0 Å². The molecule has 0 fully saturated rings. The molecule has 1 aromatic heterocycles. The number of anilines is 1. The number of fused-ring (bicyclic) bond motifs is 3. The van der Waals surface area contributed by atoms with E-state index in [1.165, 1.54) is 0 Å². The maximum Gasteiger partial charge on any atom is 0.336 e. The second-order valence-electron chi connectivity index (χ2n) is 6.67. The largest absolute Gasteiger partial charge is 0.495 e. The van der Waals surface area contributed by atoms with Crippen LogP contribution in [-0.4, -0.2) is 13.8 Å². The molecule has 2 heterocycles. The second-order valence-corrected chi connectivity index (χ2v) is 7.49. The fraction of sp³-hybridized carbons (Fsp3) is 0.286. The maximum atomic E-state index is 12.1. The summed E-state index contributed by atoms with van der Waals surface area (Å²) >= 11 is 12.8. The molecule has 1 aliphatic rings. The highest BCUT2D eigenvalue weighted by molar-refractivity contribution is 6.33. The molecule has 7 heteroatoms. The predicted molar refractivity (Wildman–Crippen MR) is 111 cm³/mol. The van der Waals surface area contributed by atoms with E-state index in [4.69, 9.17) is 37.1 Å². The van der Waals surface area contributed by atoms with Gasteiger partial charge in [0.1, 0.15) is 17.1 Å². The maximum absolute atomic E-state index is 12.1. The molecule has 0 atom stereocenters. The summed E-state index contributed by atoms with van der Waals surface area (Å²) in [4.78, 5) is 14.1. The molecular formula is C21H19Cl2NO4. The van der Waals surface area contributed by atoms with Gasteiger partial charge in [-0.05, 0) is 36.2 Å². The molecule has 0 unspecified atom stereocenters. The topological polar surface area (TPSA) is 51.9 Å². The zero-order valence-corrected chi connectivity index (χ0v) is 17.1. The number of methoxy groups -OCH3 is 1. The zero-order chi connectivity index (χ0) is 19.8. The molecule has 0 saturated heterocycles. The van der Waals surface area contributed by atoms with E-state index in [0.717, 1.165) is 35.0 Å². The molecular weight excluding hydrogens is 401 g/mol. The SMILES string of the molecule is CCCc1cc(=O)oc2c3c(c(Cl)cc12)OCN(c1ccc(OC)c(Cl)c1)C3. The molecule has 0 aliphatic carbocycles. The number of nitrogens with zero attached hydrogens (tertiary/aromatic N) is 1. The van der Waals surface area contributed by atoms with Crippen molar-refractivity contribution in [1.82, 2.24) is 0 Å². The third-order valence-electron chi connectivity index (χ3n) is 4.86. The molecule has 3 aromatic rings. The number of hydrogen-bond acceptors (Lipinski definition) is 5. The monoisotopic (exact) mass is 419 g/mol. The summed E-state index contributed by atoms with van der Waals surface area (Å²) in [6.07, 6.45) is 1.69. The first-order valence-corrected chi connectivity index (χ1v) is 9.76. The third-order valence-corrected chi connectivity index (χ3v) is 5.43. The van der Waals surface area contributed by atoms with Gasteiger partial charge in [-0.1, -0.05) is 36.5 Å². The molecule has 0 amide bonds. The van der Waals surface area contributed by atoms with Crippen LogP contribution in [0.3, 0.4) is 0 Å². The highest BCUT2D eigenvalue weighted by atomic mass is 35.5. The van der Waals surface area contributed by atoms with Crippen LogP contribution in [0.4, 0.5) is 5.69 Å². The van der Waals surface area contributed by atoms with E-state index in [1.54, 1.807) is 13.2 Å². The Balaban J connectivity index is 1.82. The Morgan fingerprint density at radius 3 is 2.71 bits per heavy atom. The summed E-state index contributed by atoms with van der Waals surface area (Å²) in [5.41, 5.74) is 2.72. The van der Waals surface area contributed by atoms with E-state index < -0.39 is 0 Å². The van der Waals surface area contributed by atoms with Gasteiger partial charge in [-0.15, -0.1) is 0 Å². The van der Waals surface area contributed by atoms with Crippen LogP contribution in [0, 0.1) is 0 Å². The number of benzene rings is 2. The Morgan fingerprint density at radius 1 is 1.18 bits per heavy atom. The molecule has 0 bridgehead atoms. The van der Waals surface area contributed by atoms with Crippen LogP contribution in [-0.2, 0) is 13.0 Å². The molecule has 4 rings (SSSR count). The predicted octanol–water partition coefficient (Wildman–Crippen LogP) is 5.42. The summed E-state index contributed by atoms with van der Waals surface area (Å²) in [6, 6.07) is 8.90. The van der Waals surface area contributed by atoms with Crippen molar-refractivity contribution < 1.29 is 13.9 Å². The van der Waals surface area contributed by atoms with Gasteiger partial charge in [0.25, 0.3) is 0 Å². The van der Waals surface area contributed by atoms with Crippen LogP contribution in [0.5, 0.6) is 11.5 Å². The summed E-state index contributed by atoms with van der Waals surface area (Å²) in [5.74, 6) is 1.16. The van der Waals surface area contributed by atoms with Crippen molar-refractivity contribution in [1.29, 1.82) is 0 Å². The highest BCUT2D eigenvalue weighted by Gasteiger charge is 2.26. The Bertz CT molecular complexity index is 1110. The van der Waals surface area contributed by atoms with Crippen LogP contribution in [0.2, 0.25) is 10.0 Å². The molecule has 5 nitrogen and oxygen atoms in total. The van der Waals surface area contributed by atoms with Crippen molar-refractivity contribution in [2.45, 2.75) is 26.3 Å². The van der Waals surface area contributed by atoms with Crippen LogP contribution < -0.4 is 20.0 Å². The van der Waals surface area contributed by atoms with Gasteiger partial charge in [0.2, 0.25) is 0 Å². The van der Waals surface area contributed by atoms with Gasteiger partial charge < -0.3 is 18.8 Å². The Kier molecular flexibility index (Phi) is 5.13. The van der Waals surface area contributed by atoms with Crippen molar-refractivity contribution in [2.75, 3.05) is 18.7 Å². The van der Waals surface area contributed by atoms with Gasteiger partial charge in [0, 0.05) is 17.1 Å². The number of rotatable bonds is 4. The second kappa shape index (κ2) is 7.57. The number of halogens is 2. The van der Waals surface area contributed by atoms with Crippen molar-refractivity contribution in [3.8, 4) is 11.5 Å². The molecule has 0 N–H and O–H groups in total. The van der Waals surface area contributed by atoms with Crippen LogP contribution >= 0.6 is 23.2 Å². The van der Waals surface area contributed by atoms with Crippen LogP contribution in [0.1, 0.15) is 24.5 Å². The molecule has 0 saturated carbocycles. The summed E-state index contributed by atoms with van der Waals surface area (Å²) in [5, 5.41) is 1.88. The normalized spacial score (nSPS) is 13.4. The standard InChI is InChI=1S/C21H19Cl2NO4/c1-3-4-12-7-19(25)28-20-14(12)9-17(23)21-15(20)10-24(11-27-21)13-5-6-18(26-2)16(22)8-13/h5-9H,3-4,10-11H2,1-2H3. The van der Waals surface area contributed by atoms with Crippen molar-refractivity contribution >= 4 is 39.9 Å². The Hall–Kier alpha value is -2.37. The lowest BCUT2D eigenvalue weighted by molar-refractivity contribution is 0.289. The molecule has 28 heavy (non-hydrogen) atoms. The lowest BCUT2D eigenvalue weighted by Crippen LogP contribution is -2.32. The first-order chi connectivity index (χ1) is 13.5. The van der Waals surface area contributed by atoms with E-state index in [9.17, 15) is 4.79 Å². The third kappa shape index (κ3) is 3.29. The van der Waals surface area contributed by atoms with Gasteiger partial charge in [-0.3, -0.25) is 0 Å². The average Bonchev–Trinajstić information content (AvgIpc) is 2.69. The van der Waals surface area contributed by atoms with Gasteiger partial charge in [0.05, 0.1) is 29.3 Å². The Labute approximate surface area is 172 Å². The minimum absolute atomic E-state index is 0.305. The summed E-state index contributed by atoms with van der Waals surface area (Å²) < 4.78 is 16.7. The van der Waals surface area contributed by atoms with E-state index in [-0.39, 0.29) is 5.63 Å². The highest BCUT2D eigenvalue weighted by Crippen LogP contribution is 2.41. The molecule has 0 spiro atoms. The molecule has 0 radical (unpaired) electrons. The number of aryl methyl sites for hydroxylation is 1. The lowest BCUT2D eigenvalue weighted by Gasteiger charge is -2.31. The van der Waals surface area contributed by atoms with Crippen LogP contribution in [0.15, 0.2) is 39.5 Å². The van der Waals surface area contributed by atoms with E-state index in [1.807, 2.05) is 29.2 Å². The lowest BCUT2D eigenvalue weighted by atomic mass is 10.0. The first kappa shape index (κ1) is 19.0. The first-order valence-electron chi connectivity index (χ1n) is 9.01. The van der Waals surface area contributed by atoms with Gasteiger partial charge >= 0.3 is 5.63 Å². The fourth-order valence-corrected chi connectivity index (χ4v) is 4.08. The van der Waals surface area contributed by atoms with Gasteiger partial charge in [-0.2, -0.15) is 0 Å². The minimum atomic E-state index is -0.370. The van der Waals surface area contributed by atoms with E-state index in [2.05, 4.69) is 6.92 Å². The van der Waals surface area contributed by atoms with Crippen molar-refractivity contribution in [3.05, 3.63) is 61.9 Å². The van der Waals surface area contributed by atoms with E-state index in [0.29, 0.717) is 40.4 Å². The van der Waals surface area contributed by atoms with Crippen molar-refractivity contribution in [2.24, 2.45) is 0 Å². The van der Waals surface area contributed by atoms with Gasteiger partial charge in [-0.25, -0.2) is 4.79 Å². The summed E-state index contributed by atoms with van der Waals surface area (Å²) in [6.45, 7) is 2.85. The molecule has 146 valence electrons. The van der Waals surface area contributed by atoms with Crippen LogP contribution in [0.25, 0.3) is 11.0 Å². The average molecular weight is 420 g/mol. The summed E-state index contributed by atoms with van der Waals surface area (Å²) in [7, 11) is 1.57. The fourth-order valence-electron chi connectivity index (χ4n) is 3.55. The number of ether oxygens (including phenoxy) is 2. The molecule has 1 aliphatic heterocycles. The molecule has 2 aromatic carbocycles. The van der Waals surface area contributed by atoms with Gasteiger partial charge in [0.15, 0.2) is 6.73 Å². The smallest absolute Gasteiger partial charge is 0.336 e. The Morgan fingerprint density at radius 2 is 2.00 bits per heavy atom. The zero-order valence-electron chi connectivity index (χ0n) is 15.6. The van der Waals surface area contributed by atoms with E-state index >= 15 is 0 Å².